The predicted octanol–water partition coefficient (Wildman–Crippen LogP) is 5.47. The molecule has 0 saturated heterocycles. The Labute approximate surface area is 169 Å². The Morgan fingerprint density at radius 3 is 2.39 bits per heavy atom. The van der Waals surface area contributed by atoms with Crippen LogP contribution in [0.25, 0.3) is 0 Å². The highest BCUT2D eigenvalue weighted by Crippen LogP contribution is 2.38. The zero-order valence-corrected chi connectivity index (χ0v) is 16.0. The summed E-state index contributed by atoms with van der Waals surface area (Å²) in [5, 5.41) is 7.81. The van der Waals surface area contributed by atoms with Gasteiger partial charge in [-0.25, -0.2) is 0 Å². The van der Waals surface area contributed by atoms with Crippen LogP contribution in [-0.2, 0) is 0 Å². The van der Waals surface area contributed by atoms with Gasteiger partial charge in [0, 0.05) is 17.0 Å². The van der Waals surface area contributed by atoms with Gasteiger partial charge in [0.25, 0.3) is 0 Å². The second kappa shape index (κ2) is 7.21. The van der Waals surface area contributed by atoms with Crippen molar-refractivity contribution in [2.45, 2.75) is 12.5 Å². The quantitative estimate of drug-likeness (QED) is 0.595. The van der Waals surface area contributed by atoms with Crippen LogP contribution in [0.4, 0.5) is 5.69 Å². The van der Waals surface area contributed by atoms with Crippen LogP contribution in [0.15, 0.2) is 77.9 Å². The van der Waals surface area contributed by atoms with E-state index in [1.807, 2.05) is 42.5 Å². The Morgan fingerprint density at radius 2 is 1.61 bits per heavy atom. The molecule has 0 amide bonds. The molecular formula is C23H19ClN2O2. The van der Waals surface area contributed by atoms with Crippen LogP contribution in [0.3, 0.4) is 0 Å². The van der Waals surface area contributed by atoms with Crippen LogP contribution in [0.2, 0.25) is 5.02 Å². The third-order valence-corrected chi connectivity index (χ3v) is 5.31. The first-order valence-electron chi connectivity index (χ1n) is 9.35. The molecule has 0 radical (unpaired) electrons. The largest absolute Gasteiger partial charge is 0.486 e. The van der Waals surface area contributed by atoms with Crippen molar-refractivity contribution in [1.29, 1.82) is 0 Å². The number of hydrogen-bond acceptors (Lipinski definition) is 4. The predicted molar refractivity (Wildman–Crippen MR) is 112 cm³/mol. The molecule has 2 heterocycles. The molecule has 4 nitrogen and oxygen atoms in total. The van der Waals surface area contributed by atoms with E-state index in [1.54, 1.807) is 0 Å². The molecule has 0 aromatic heterocycles. The van der Waals surface area contributed by atoms with E-state index in [-0.39, 0.29) is 6.04 Å². The van der Waals surface area contributed by atoms with Gasteiger partial charge < -0.3 is 9.47 Å². The molecule has 1 atom stereocenters. The van der Waals surface area contributed by atoms with Gasteiger partial charge in [0.1, 0.15) is 13.2 Å². The maximum Gasteiger partial charge on any atom is 0.162 e. The van der Waals surface area contributed by atoms with Gasteiger partial charge in [-0.15, -0.1) is 0 Å². The minimum atomic E-state index is 0.114. The monoisotopic (exact) mass is 390 g/mol. The zero-order valence-electron chi connectivity index (χ0n) is 15.2. The first kappa shape index (κ1) is 17.1. The molecule has 140 valence electrons. The van der Waals surface area contributed by atoms with Crippen LogP contribution in [0, 0.1) is 0 Å². The van der Waals surface area contributed by atoms with Gasteiger partial charge in [-0.1, -0.05) is 41.9 Å². The summed E-state index contributed by atoms with van der Waals surface area (Å²) in [4.78, 5) is 0. The second-order valence-corrected chi connectivity index (χ2v) is 7.29. The number of fused-ring (bicyclic) bond motifs is 1. The molecular weight excluding hydrogens is 372 g/mol. The topological polar surface area (TPSA) is 34.1 Å². The number of benzene rings is 3. The lowest BCUT2D eigenvalue weighted by Gasteiger charge is -2.24. The van der Waals surface area contributed by atoms with Crippen LogP contribution in [0.5, 0.6) is 11.5 Å². The van der Waals surface area contributed by atoms with E-state index in [9.17, 15) is 0 Å². The van der Waals surface area contributed by atoms with Crippen molar-refractivity contribution >= 4 is 23.0 Å². The second-order valence-electron chi connectivity index (χ2n) is 6.86. The molecule has 28 heavy (non-hydrogen) atoms. The Kier molecular flexibility index (Phi) is 4.41. The Bertz CT molecular complexity index is 1020. The number of hydrogen-bond donors (Lipinski definition) is 0. The summed E-state index contributed by atoms with van der Waals surface area (Å²) in [6.45, 7) is 1.17. The molecule has 5 heteroatoms. The van der Waals surface area contributed by atoms with Gasteiger partial charge in [-0.2, -0.15) is 5.10 Å². The van der Waals surface area contributed by atoms with E-state index >= 15 is 0 Å². The summed E-state index contributed by atoms with van der Waals surface area (Å²) >= 11 is 6.10. The van der Waals surface area contributed by atoms with Gasteiger partial charge in [-0.3, -0.25) is 5.01 Å². The fraction of sp³-hybridized carbons (Fsp3) is 0.174. The molecule has 0 N–H and O–H groups in total. The van der Waals surface area contributed by atoms with Crippen LogP contribution < -0.4 is 14.5 Å². The van der Waals surface area contributed by atoms with Crippen LogP contribution >= 0.6 is 11.6 Å². The number of para-hydroxylation sites is 1. The summed E-state index contributed by atoms with van der Waals surface area (Å²) in [7, 11) is 0. The Hall–Kier alpha value is -2.98. The SMILES string of the molecule is Clc1ccc(C2CC(c3ccc4c(c3)OCCO4)=NN2c2ccccc2)cc1. The lowest BCUT2D eigenvalue weighted by Crippen LogP contribution is -2.18. The molecule has 5 rings (SSSR count). The number of anilines is 1. The average Bonchev–Trinajstić information content (AvgIpc) is 3.20. The molecule has 0 bridgehead atoms. The van der Waals surface area contributed by atoms with Crippen molar-refractivity contribution in [2.75, 3.05) is 18.2 Å². The Balaban J connectivity index is 1.53. The smallest absolute Gasteiger partial charge is 0.162 e. The van der Waals surface area contributed by atoms with Crippen molar-refractivity contribution in [3.63, 3.8) is 0 Å². The maximum absolute atomic E-state index is 6.10. The van der Waals surface area contributed by atoms with Gasteiger partial charge in [0.05, 0.1) is 17.4 Å². The minimum absolute atomic E-state index is 0.114. The zero-order chi connectivity index (χ0) is 18.9. The molecule has 2 aliphatic rings. The average molecular weight is 391 g/mol. The minimum Gasteiger partial charge on any atom is -0.486 e. The fourth-order valence-electron chi connectivity index (χ4n) is 3.67. The first-order chi connectivity index (χ1) is 13.8. The molecule has 1 unspecified atom stereocenters. The summed E-state index contributed by atoms with van der Waals surface area (Å²) in [5.74, 6) is 1.58. The molecule has 0 spiro atoms. The number of rotatable bonds is 3. The summed E-state index contributed by atoms with van der Waals surface area (Å²) in [5.41, 5.74) is 4.34. The first-order valence-corrected chi connectivity index (χ1v) is 9.73. The van der Waals surface area contributed by atoms with Crippen molar-refractivity contribution < 1.29 is 9.47 Å². The highest BCUT2D eigenvalue weighted by molar-refractivity contribution is 6.30. The van der Waals surface area contributed by atoms with Crippen LogP contribution in [-0.4, -0.2) is 18.9 Å². The van der Waals surface area contributed by atoms with Gasteiger partial charge in [0.2, 0.25) is 0 Å². The standard InChI is InChI=1S/C23H19ClN2O2/c24-18-9-6-16(7-10-18)21-15-20(25-26(21)19-4-2-1-3-5-19)17-8-11-22-23(14-17)28-13-12-27-22/h1-11,14,21H,12-13,15H2. The Morgan fingerprint density at radius 1 is 0.857 bits per heavy atom. The number of hydrazone groups is 1. The summed E-state index contributed by atoms with van der Waals surface area (Å²) < 4.78 is 11.4. The number of halogens is 1. The number of ether oxygens (including phenoxy) is 2. The van der Waals surface area contributed by atoms with Crippen molar-refractivity contribution in [3.8, 4) is 11.5 Å². The van der Waals surface area contributed by atoms with Crippen molar-refractivity contribution in [3.05, 3.63) is 88.9 Å². The van der Waals surface area contributed by atoms with E-state index in [1.165, 1.54) is 5.56 Å². The third-order valence-electron chi connectivity index (χ3n) is 5.06. The normalized spacial score (nSPS) is 18.1. The van der Waals surface area contributed by atoms with E-state index in [2.05, 4.69) is 35.3 Å². The lowest BCUT2D eigenvalue weighted by molar-refractivity contribution is 0.171. The molecule has 0 saturated carbocycles. The van der Waals surface area contributed by atoms with Crippen molar-refractivity contribution in [2.24, 2.45) is 5.10 Å². The van der Waals surface area contributed by atoms with Gasteiger partial charge in [-0.05, 0) is 48.0 Å². The molecule has 0 aliphatic carbocycles. The van der Waals surface area contributed by atoms with Gasteiger partial charge >= 0.3 is 0 Å². The van der Waals surface area contributed by atoms with E-state index < -0.39 is 0 Å². The maximum atomic E-state index is 6.10. The molecule has 2 aliphatic heterocycles. The summed E-state index contributed by atoms with van der Waals surface area (Å²) in [6, 6.07) is 24.4. The highest BCUT2D eigenvalue weighted by Gasteiger charge is 2.30. The van der Waals surface area contributed by atoms with Crippen molar-refractivity contribution in [1.82, 2.24) is 0 Å². The summed E-state index contributed by atoms with van der Waals surface area (Å²) in [6.07, 6.45) is 0.802. The van der Waals surface area contributed by atoms with E-state index in [0.29, 0.717) is 13.2 Å². The third kappa shape index (κ3) is 3.20. The van der Waals surface area contributed by atoms with Gasteiger partial charge in [0.15, 0.2) is 11.5 Å². The molecule has 3 aromatic carbocycles. The van der Waals surface area contributed by atoms with E-state index in [4.69, 9.17) is 26.2 Å². The molecule has 3 aromatic rings. The van der Waals surface area contributed by atoms with E-state index in [0.717, 1.165) is 39.9 Å². The molecule has 0 fully saturated rings. The van der Waals surface area contributed by atoms with Crippen LogP contribution in [0.1, 0.15) is 23.6 Å². The number of nitrogens with zero attached hydrogens (tertiary/aromatic N) is 2. The highest BCUT2D eigenvalue weighted by atomic mass is 35.5. The fourth-order valence-corrected chi connectivity index (χ4v) is 3.80. The lowest BCUT2D eigenvalue weighted by atomic mass is 9.98.